The van der Waals surface area contributed by atoms with E-state index in [9.17, 15) is 0 Å². The first-order valence-corrected chi connectivity index (χ1v) is 6.91. The number of nitrogens with zero attached hydrogens (tertiary/aromatic N) is 1. The predicted molar refractivity (Wildman–Crippen MR) is 74.3 cm³/mol. The van der Waals surface area contributed by atoms with Crippen LogP contribution in [0, 0.1) is 6.92 Å². The van der Waals surface area contributed by atoms with Crippen LogP contribution in [0.15, 0.2) is 18.2 Å². The summed E-state index contributed by atoms with van der Waals surface area (Å²) in [5.74, 6) is 0. The van der Waals surface area contributed by atoms with Gasteiger partial charge in [-0.1, -0.05) is 18.2 Å². The minimum Gasteiger partial charge on any atom is -0.396 e. The lowest BCUT2D eigenvalue weighted by Gasteiger charge is -2.23. The number of aliphatic hydroxyl groups excluding tert-OH is 1. The highest BCUT2D eigenvalue weighted by molar-refractivity contribution is 5.40. The molecule has 3 heteroatoms. The maximum absolute atomic E-state index is 8.80. The SMILES string of the molecule is Cc1cccc2c1CN(CCCCCO)C2CN. The smallest absolute Gasteiger partial charge is 0.0477 e. The molecule has 1 unspecified atom stereocenters. The summed E-state index contributed by atoms with van der Waals surface area (Å²) >= 11 is 0. The number of benzene rings is 1. The van der Waals surface area contributed by atoms with Crippen LogP contribution in [0.25, 0.3) is 0 Å². The summed E-state index contributed by atoms with van der Waals surface area (Å²) in [6.45, 7) is 5.29. The maximum Gasteiger partial charge on any atom is 0.0477 e. The molecular formula is C15H24N2O. The van der Waals surface area contributed by atoms with E-state index in [1.165, 1.54) is 16.7 Å². The quantitative estimate of drug-likeness (QED) is 0.757. The van der Waals surface area contributed by atoms with Crippen LogP contribution in [0.4, 0.5) is 0 Å². The van der Waals surface area contributed by atoms with Gasteiger partial charge in [0.1, 0.15) is 0 Å². The number of unbranched alkanes of at least 4 members (excludes halogenated alkanes) is 2. The molecule has 1 aromatic carbocycles. The Bertz CT molecular complexity index is 392. The van der Waals surface area contributed by atoms with Crippen LogP contribution in [0.3, 0.4) is 0 Å². The summed E-state index contributed by atoms with van der Waals surface area (Å²) in [4.78, 5) is 2.48. The number of aliphatic hydroxyl groups is 1. The zero-order valence-corrected chi connectivity index (χ0v) is 11.2. The van der Waals surface area contributed by atoms with Crippen molar-refractivity contribution in [2.24, 2.45) is 5.73 Å². The molecule has 100 valence electrons. The van der Waals surface area contributed by atoms with Gasteiger partial charge in [0.2, 0.25) is 0 Å². The molecule has 0 aliphatic carbocycles. The third-order valence-corrected chi connectivity index (χ3v) is 3.93. The molecule has 1 atom stereocenters. The highest BCUT2D eigenvalue weighted by Crippen LogP contribution is 2.34. The summed E-state index contributed by atoms with van der Waals surface area (Å²) in [6.07, 6.45) is 3.15. The fraction of sp³-hybridized carbons (Fsp3) is 0.600. The van der Waals surface area contributed by atoms with Gasteiger partial charge in [-0.3, -0.25) is 4.90 Å². The molecule has 0 saturated carbocycles. The average Bonchev–Trinajstić information content (AvgIpc) is 2.74. The van der Waals surface area contributed by atoms with Gasteiger partial charge in [-0.2, -0.15) is 0 Å². The highest BCUT2D eigenvalue weighted by Gasteiger charge is 2.29. The molecule has 0 aromatic heterocycles. The minimum absolute atomic E-state index is 0.305. The maximum atomic E-state index is 8.80. The number of hydrogen-bond donors (Lipinski definition) is 2. The number of aryl methyl sites for hydroxylation is 1. The van der Waals surface area contributed by atoms with Crippen molar-refractivity contribution in [3.63, 3.8) is 0 Å². The van der Waals surface area contributed by atoms with E-state index in [-0.39, 0.29) is 0 Å². The summed E-state index contributed by atoms with van der Waals surface area (Å²) in [7, 11) is 0. The van der Waals surface area contributed by atoms with Crippen LogP contribution >= 0.6 is 0 Å². The Kier molecular flexibility index (Phi) is 4.75. The van der Waals surface area contributed by atoms with Gasteiger partial charge in [-0.05, 0) is 49.4 Å². The fourth-order valence-corrected chi connectivity index (χ4v) is 2.88. The largest absolute Gasteiger partial charge is 0.396 e. The minimum atomic E-state index is 0.305. The second-order valence-corrected chi connectivity index (χ2v) is 5.15. The third kappa shape index (κ3) is 2.74. The lowest BCUT2D eigenvalue weighted by molar-refractivity contribution is 0.210. The molecule has 0 radical (unpaired) electrons. The van der Waals surface area contributed by atoms with Crippen LogP contribution in [0.2, 0.25) is 0 Å². The molecule has 0 spiro atoms. The predicted octanol–water partition coefficient (Wildman–Crippen LogP) is 1.97. The van der Waals surface area contributed by atoms with Gasteiger partial charge >= 0.3 is 0 Å². The molecule has 18 heavy (non-hydrogen) atoms. The zero-order chi connectivity index (χ0) is 13.0. The van der Waals surface area contributed by atoms with E-state index in [1.807, 2.05) is 0 Å². The lowest BCUT2D eigenvalue weighted by Crippen LogP contribution is -2.28. The van der Waals surface area contributed by atoms with Crippen molar-refractivity contribution in [2.45, 2.75) is 38.8 Å². The van der Waals surface area contributed by atoms with Crippen molar-refractivity contribution in [1.82, 2.24) is 4.90 Å². The molecule has 2 rings (SSSR count). The lowest BCUT2D eigenvalue weighted by atomic mass is 10.0. The first kappa shape index (κ1) is 13.5. The van der Waals surface area contributed by atoms with Gasteiger partial charge in [-0.15, -0.1) is 0 Å². The first-order valence-electron chi connectivity index (χ1n) is 6.91. The molecule has 0 amide bonds. The van der Waals surface area contributed by atoms with Crippen molar-refractivity contribution in [3.05, 3.63) is 34.9 Å². The summed E-state index contributed by atoms with van der Waals surface area (Å²) in [6, 6.07) is 6.91. The zero-order valence-electron chi connectivity index (χ0n) is 11.2. The van der Waals surface area contributed by atoms with Gasteiger partial charge in [-0.25, -0.2) is 0 Å². The summed E-state index contributed by atoms with van der Waals surface area (Å²) in [5.41, 5.74) is 10.2. The standard InChI is InChI=1S/C15H24N2O/c1-12-6-5-7-13-14(12)11-17(15(13)10-16)8-3-2-4-9-18/h5-7,15,18H,2-4,8-11,16H2,1H3. The van der Waals surface area contributed by atoms with Gasteiger partial charge in [0.25, 0.3) is 0 Å². The van der Waals surface area contributed by atoms with E-state index in [1.54, 1.807) is 0 Å². The van der Waals surface area contributed by atoms with E-state index in [0.717, 1.165) is 32.4 Å². The van der Waals surface area contributed by atoms with E-state index < -0.39 is 0 Å². The Labute approximate surface area is 110 Å². The molecule has 0 fully saturated rings. The number of rotatable bonds is 6. The van der Waals surface area contributed by atoms with E-state index >= 15 is 0 Å². The third-order valence-electron chi connectivity index (χ3n) is 3.93. The van der Waals surface area contributed by atoms with Crippen LogP contribution < -0.4 is 5.73 Å². The van der Waals surface area contributed by atoms with Crippen molar-refractivity contribution in [2.75, 3.05) is 19.7 Å². The molecule has 1 aliphatic heterocycles. The number of fused-ring (bicyclic) bond motifs is 1. The Balaban J connectivity index is 2.01. The molecular weight excluding hydrogens is 224 g/mol. The number of nitrogens with two attached hydrogens (primary N) is 1. The molecule has 1 aromatic rings. The van der Waals surface area contributed by atoms with Crippen molar-refractivity contribution < 1.29 is 5.11 Å². The van der Waals surface area contributed by atoms with E-state index in [2.05, 4.69) is 30.0 Å². The Hall–Kier alpha value is -0.900. The van der Waals surface area contributed by atoms with Gasteiger partial charge in [0.05, 0.1) is 0 Å². The van der Waals surface area contributed by atoms with Gasteiger partial charge in [0, 0.05) is 25.7 Å². The van der Waals surface area contributed by atoms with Gasteiger partial charge in [0.15, 0.2) is 0 Å². The summed E-state index contributed by atoms with van der Waals surface area (Å²) < 4.78 is 0. The van der Waals surface area contributed by atoms with Crippen molar-refractivity contribution in [3.8, 4) is 0 Å². The van der Waals surface area contributed by atoms with Gasteiger partial charge < -0.3 is 10.8 Å². The monoisotopic (exact) mass is 248 g/mol. The van der Waals surface area contributed by atoms with Crippen LogP contribution in [0.5, 0.6) is 0 Å². The molecule has 3 N–H and O–H groups in total. The molecule has 1 heterocycles. The molecule has 0 bridgehead atoms. The Morgan fingerprint density at radius 3 is 2.89 bits per heavy atom. The normalized spacial score (nSPS) is 19.2. The second kappa shape index (κ2) is 6.32. The average molecular weight is 248 g/mol. The van der Waals surface area contributed by atoms with E-state index in [0.29, 0.717) is 19.2 Å². The molecule has 1 aliphatic rings. The van der Waals surface area contributed by atoms with Crippen molar-refractivity contribution in [1.29, 1.82) is 0 Å². The Morgan fingerprint density at radius 2 is 2.17 bits per heavy atom. The molecule has 0 saturated heterocycles. The van der Waals surface area contributed by atoms with Crippen LogP contribution in [-0.4, -0.2) is 29.7 Å². The highest BCUT2D eigenvalue weighted by atomic mass is 16.2. The number of hydrogen-bond acceptors (Lipinski definition) is 3. The first-order chi connectivity index (χ1) is 8.77. The van der Waals surface area contributed by atoms with E-state index in [4.69, 9.17) is 10.8 Å². The van der Waals surface area contributed by atoms with Crippen LogP contribution in [0.1, 0.15) is 42.0 Å². The summed E-state index contributed by atoms with van der Waals surface area (Å²) in [5, 5.41) is 8.80. The fourth-order valence-electron chi connectivity index (χ4n) is 2.88. The van der Waals surface area contributed by atoms with Crippen LogP contribution in [-0.2, 0) is 6.54 Å². The molecule has 3 nitrogen and oxygen atoms in total. The van der Waals surface area contributed by atoms with Crippen molar-refractivity contribution >= 4 is 0 Å². The second-order valence-electron chi connectivity index (χ2n) is 5.15. The topological polar surface area (TPSA) is 49.5 Å². The Morgan fingerprint density at radius 1 is 1.33 bits per heavy atom.